The first kappa shape index (κ1) is 15.9. The predicted octanol–water partition coefficient (Wildman–Crippen LogP) is -0.751. The molecule has 0 aromatic heterocycles. The van der Waals surface area contributed by atoms with Crippen molar-refractivity contribution in [3.05, 3.63) is 0 Å². The highest BCUT2D eigenvalue weighted by Crippen LogP contribution is 1.94. The van der Waals surface area contributed by atoms with E-state index in [4.69, 9.17) is 5.11 Å². The molecule has 0 saturated carbocycles. The van der Waals surface area contributed by atoms with Crippen molar-refractivity contribution >= 4 is 21.9 Å². The zero-order valence-electron chi connectivity index (χ0n) is 9.97. The molecule has 0 aromatic rings. The SMILES string of the molecule is CCN(CC)C(=O)CCNS(=O)(=O)CC(=O)O. The van der Waals surface area contributed by atoms with Gasteiger partial charge in [0.05, 0.1) is 0 Å². The van der Waals surface area contributed by atoms with Gasteiger partial charge >= 0.3 is 5.97 Å². The Balaban J connectivity index is 4.07. The van der Waals surface area contributed by atoms with E-state index in [2.05, 4.69) is 4.72 Å². The summed E-state index contributed by atoms with van der Waals surface area (Å²) in [6.07, 6.45) is 0.0283. The molecule has 0 saturated heterocycles. The van der Waals surface area contributed by atoms with Crippen LogP contribution in [-0.4, -0.2) is 55.7 Å². The maximum atomic E-state index is 11.5. The Morgan fingerprint density at radius 2 is 1.76 bits per heavy atom. The van der Waals surface area contributed by atoms with E-state index in [1.807, 2.05) is 13.8 Å². The van der Waals surface area contributed by atoms with Crippen LogP contribution in [0.5, 0.6) is 0 Å². The van der Waals surface area contributed by atoms with Crippen LogP contribution in [0.25, 0.3) is 0 Å². The minimum atomic E-state index is -3.84. The van der Waals surface area contributed by atoms with Crippen LogP contribution in [0.1, 0.15) is 20.3 Å². The number of nitrogens with one attached hydrogen (secondary N) is 1. The number of hydrogen-bond donors (Lipinski definition) is 2. The van der Waals surface area contributed by atoms with Crippen molar-refractivity contribution in [3.63, 3.8) is 0 Å². The van der Waals surface area contributed by atoms with Crippen LogP contribution in [0.4, 0.5) is 0 Å². The lowest BCUT2D eigenvalue weighted by Crippen LogP contribution is -2.36. The lowest BCUT2D eigenvalue weighted by atomic mass is 10.3. The Labute approximate surface area is 101 Å². The van der Waals surface area contributed by atoms with Crippen molar-refractivity contribution in [2.45, 2.75) is 20.3 Å². The van der Waals surface area contributed by atoms with E-state index in [0.717, 1.165) is 0 Å². The number of sulfonamides is 1. The number of nitrogens with zero attached hydrogens (tertiary/aromatic N) is 1. The van der Waals surface area contributed by atoms with Crippen LogP contribution in [0.3, 0.4) is 0 Å². The molecule has 0 atom stereocenters. The second kappa shape index (κ2) is 7.23. The maximum absolute atomic E-state index is 11.5. The van der Waals surface area contributed by atoms with E-state index in [-0.39, 0.29) is 18.9 Å². The molecular weight excluding hydrogens is 248 g/mol. The zero-order chi connectivity index (χ0) is 13.5. The smallest absolute Gasteiger partial charge is 0.320 e. The van der Waals surface area contributed by atoms with Crippen molar-refractivity contribution < 1.29 is 23.1 Å². The molecule has 2 N–H and O–H groups in total. The van der Waals surface area contributed by atoms with Crippen LogP contribution in [0.15, 0.2) is 0 Å². The van der Waals surface area contributed by atoms with Gasteiger partial charge in [0.2, 0.25) is 15.9 Å². The van der Waals surface area contributed by atoms with E-state index in [1.54, 1.807) is 4.90 Å². The van der Waals surface area contributed by atoms with Gasteiger partial charge in [-0.3, -0.25) is 9.59 Å². The summed E-state index contributed by atoms with van der Waals surface area (Å²) >= 11 is 0. The highest BCUT2D eigenvalue weighted by atomic mass is 32.2. The van der Waals surface area contributed by atoms with Crippen LogP contribution in [0.2, 0.25) is 0 Å². The summed E-state index contributed by atoms with van der Waals surface area (Å²) in [6, 6.07) is 0. The third-order valence-electron chi connectivity index (χ3n) is 2.09. The van der Waals surface area contributed by atoms with Gasteiger partial charge in [0.15, 0.2) is 5.75 Å². The van der Waals surface area contributed by atoms with Crippen LogP contribution < -0.4 is 4.72 Å². The summed E-state index contributed by atoms with van der Waals surface area (Å²) in [5, 5.41) is 8.33. The quantitative estimate of drug-likeness (QED) is 0.601. The zero-order valence-corrected chi connectivity index (χ0v) is 10.8. The summed E-state index contributed by atoms with van der Waals surface area (Å²) < 4.78 is 24.3. The largest absolute Gasteiger partial charge is 0.480 e. The lowest BCUT2D eigenvalue weighted by molar-refractivity contribution is -0.134. The molecule has 100 valence electrons. The van der Waals surface area contributed by atoms with Crippen LogP contribution in [-0.2, 0) is 19.6 Å². The van der Waals surface area contributed by atoms with Crippen LogP contribution in [0, 0.1) is 0 Å². The molecule has 0 fully saturated rings. The van der Waals surface area contributed by atoms with E-state index >= 15 is 0 Å². The molecule has 0 aliphatic rings. The number of amides is 1. The number of carboxylic acids is 1. The molecule has 0 bridgehead atoms. The second-order valence-corrected chi connectivity index (χ2v) is 5.17. The maximum Gasteiger partial charge on any atom is 0.320 e. The lowest BCUT2D eigenvalue weighted by Gasteiger charge is -2.18. The fraction of sp³-hybridized carbons (Fsp3) is 0.778. The Hall–Kier alpha value is -1.15. The summed E-state index contributed by atoms with van der Waals surface area (Å²) in [7, 11) is -3.84. The topological polar surface area (TPSA) is 104 Å². The van der Waals surface area contributed by atoms with E-state index in [1.165, 1.54) is 0 Å². The Bertz CT molecular complexity index is 362. The van der Waals surface area contributed by atoms with E-state index in [0.29, 0.717) is 13.1 Å². The molecule has 17 heavy (non-hydrogen) atoms. The number of hydrogen-bond acceptors (Lipinski definition) is 4. The highest BCUT2D eigenvalue weighted by Gasteiger charge is 2.16. The summed E-state index contributed by atoms with van der Waals surface area (Å²) in [5.74, 6) is -2.56. The van der Waals surface area contributed by atoms with Gasteiger partial charge in [-0.1, -0.05) is 0 Å². The molecule has 0 spiro atoms. The van der Waals surface area contributed by atoms with Gasteiger partial charge in [0.25, 0.3) is 0 Å². The Morgan fingerprint density at radius 3 is 2.18 bits per heavy atom. The van der Waals surface area contributed by atoms with Gasteiger partial charge in [-0.25, -0.2) is 13.1 Å². The fourth-order valence-corrected chi connectivity index (χ4v) is 2.10. The fourth-order valence-electron chi connectivity index (χ4n) is 1.26. The molecule has 0 radical (unpaired) electrons. The summed E-state index contributed by atoms with van der Waals surface area (Å²) in [4.78, 5) is 23.3. The molecule has 0 rings (SSSR count). The number of rotatable bonds is 8. The van der Waals surface area contributed by atoms with Crippen molar-refractivity contribution in [3.8, 4) is 0 Å². The molecule has 0 aromatic carbocycles. The average Bonchev–Trinajstić information content (AvgIpc) is 2.16. The summed E-state index contributed by atoms with van der Waals surface area (Å²) in [6.45, 7) is 4.71. The third-order valence-corrected chi connectivity index (χ3v) is 3.36. The molecule has 7 nitrogen and oxygen atoms in total. The normalized spacial score (nSPS) is 11.2. The van der Waals surface area contributed by atoms with Crippen molar-refractivity contribution in [1.29, 1.82) is 0 Å². The van der Waals surface area contributed by atoms with Gasteiger partial charge in [-0.15, -0.1) is 0 Å². The predicted molar refractivity (Wildman–Crippen MR) is 62.0 cm³/mol. The van der Waals surface area contributed by atoms with Gasteiger partial charge in [0, 0.05) is 26.1 Å². The average molecular weight is 266 g/mol. The first-order chi connectivity index (χ1) is 7.82. The number of carbonyl (C=O) groups is 2. The number of carboxylic acid groups (broad SMARTS) is 1. The minimum absolute atomic E-state index is 0.0283. The first-order valence-electron chi connectivity index (χ1n) is 5.29. The van der Waals surface area contributed by atoms with Gasteiger partial charge in [-0.2, -0.15) is 0 Å². The monoisotopic (exact) mass is 266 g/mol. The number of carbonyl (C=O) groups excluding carboxylic acids is 1. The molecule has 0 aliphatic carbocycles. The van der Waals surface area contributed by atoms with Crippen molar-refractivity contribution in [1.82, 2.24) is 9.62 Å². The van der Waals surface area contributed by atoms with Gasteiger partial charge < -0.3 is 10.0 Å². The molecular formula is C9H18N2O5S. The van der Waals surface area contributed by atoms with Gasteiger partial charge in [-0.05, 0) is 13.8 Å². The van der Waals surface area contributed by atoms with E-state index < -0.39 is 21.7 Å². The van der Waals surface area contributed by atoms with Crippen molar-refractivity contribution in [2.75, 3.05) is 25.4 Å². The molecule has 0 aliphatic heterocycles. The Morgan fingerprint density at radius 1 is 1.24 bits per heavy atom. The Kier molecular flexibility index (Phi) is 6.74. The third kappa shape index (κ3) is 6.90. The van der Waals surface area contributed by atoms with Crippen molar-refractivity contribution in [2.24, 2.45) is 0 Å². The molecule has 8 heteroatoms. The standard InChI is InChI=1S/C9H18N2O5S/c1-3-11(4-2)8(12)5-6-10-17(15,16)7-9(13)14/h10H,3-7H2,1-2H3,(H,13,14). The number of aliphatic carboxylic acids is 1. The molecule has 0 unspecified atom stereocenters. The van der Waals surface area contributed by atoms with Gasteiger partial charge in [0.1, 0.15) is 0 Å². The molecule has 1 amide bonds. The van der Waals surface area contributed by atoms with Crippen LogP contribution >= 0.6 is 0 Å². The second-order valence-electron chi connectivity index (χ2n) is 3.36. The van der Waals surface area contributed by atoms with E-state index in [9.17, 15) is 18.0 Å². The molecule has 0 heterocycles. The highest BCUT2D eigenvalue weighted by molar-refractivity contribution is 7.90. The minimum Gasteiger partial charge on any atom is -0.480 e. The summed E-state index contributed by atoms with van der Waals surface area (Å²) in [5.41, 5.74) is 0. The first-order valence-corrected chi connectivity index (χ1v) is 6.94.